The number of hydrogen-bond donors (Lipinski definition) is 1. The molecule has 54 valence electrons. The third-order valence-corrected chi connectivity index (χ3v) is 1.21. The Labute approximate surface area is 59.8 Å². The highest BCUT2D eigenvalue weighted by atomic mass is 16.4. The molecular formula is C8H10O2. The van der Waals surface area contributed by atoms with Crippen molar-refractivity contribution in [3.63, 3.8) is 0 Å². The van der Waals surface area contributed by atoms with Gasteiger partial charge in [0.15, 0.2) is 0 Å². The van der Waals surface area contributed by atoms with E-state index in [1.807, 2.05) is 6.92 Å². The van der Waals surface area contributed by atoms with Gasteiger partial charge in [-0.25, -0.2) is 0 Å². The first-order valence-corrected chi connectivity index (χ1v) is 3.19. The number of aliphatic hydroxyl groups excluding tert-OH is 1. The van der Waals surface area contributed by atoms with E-state index >= 15 is 0 Å². The van der Waals surface area contributed by atoms with Crippen molar-refractivity contribution in [1.82, 2.24) is 0 Å². The number of allylic oxidation sites excluding steroid dienone is 1. The van der Waals surface area contributed by atoms with Gasteiger partial charge in [0.25, 0.3) is 0 Å². The summed E-state index contributed by atoms with van der Waals surface area (Å²) in [6.07, 6.45) is 4.40. The van der Waals surface area contributed by atoms with Crippen molar-refractivity contribution in [2.75, 3.05) is 0 Å². The standard InChI is InChI=1S/C8H10O2/c1-2-4-7(9)8-5-3-6-10-8/h2-7,9H,1H3/b4-2+/t7-/m0/s1. The summed E-state index contributed by atoms with van der Waals surface area (Å²) in [6.45, 7) is 1.85. The van der Waals surface area contributed by atoms with Crippen LogP contribution >= 0.6 is 0 Å². The molecule has 1 rings (SSSR count). The molecular weight excluding hydrogens is 128 g/mol. The molecule has 1 N–H and O–H groups in total. The monoisotopic (exact) mass is 138 g/mol. The first-order chi connectivity index (χ1) is 4.84. The van der Waals surface area contributed by atoms with Crippen LogP contribution in [0.3, 0.4) is 0 Å². The minimum Gasteiger partial charge on any atom is -0.466 e. The van der Waals surface area contributed by atoms with Crippen LogP contribution in [0.5, 0.6) is 0 Å². The van der Waals surface area contributed by atoms with Crippen molar-refractivity contribution in [2.24, 2.45) is 0 Å². The van der Waals surface area contributed by atoms with Crippen LogP contribution in [-0.2, 0) is 0 Å². The summed E-state index contributed by atoms with van der Waals surface area (Å²) in [7, 11) is 0. The maximum atomic E-state index is 9.23. The molecule has 0 radical (unpaired) electrons. The molecule has 1 aromatic rings. The van der Waals surface area contributed by atoms with E-state index in [2.05, 4.69) is 0 Å². The van der Waals surface area contributed by atoms with Gasteiger partial charge in [-0.2, -0.15) is 0 Å². The minimum absolute atomic E-state index is 0.582. The summed E-state index contributed by atoms with van der Waals surface area (Å²) in [5.41, 5.74) is 0. The van der Waals surface area contributed by atoms with E-state index < -0.39 is 6.10 Å². The molecule has 0 saturated heterocycles. The third-order valence-electron chi connectivity index (χ3n) is 1.21. The Hall–Kier alpha value is -1.02. The van der Waals surface area contributed by atoms with Gasteiger partial charge in [-0.15, -0.1) is 0 Å². The molecule has 10 heavy (non-hydrogen) atoms. The van der Waals surface area contributed by atoms with Crippen molar-refractivity contribution in [3.05, 3.63) is 36.3 Å². The summed E-state index contributed by atoms with van der Waals surface area (Å²) in [4.78, 5) is 0. The fourth-order valence-corrected chi connectivity index (χ4v) is 0.737. The van der Waals surface area contributed by atoms with E-state index in [4.69, 9.17) is 4.42 Å². The van der Waals surface area contributed by atoms with Crippen LogP contribution in [0.1, 0.15) is 18.8 Å². The number of rotatable bonds is 2. The average Bonchev–Trinajstić information content (AvgIpc) is 2.38. The number of furan rings is 1. The van der Waals surface area contributed by atoms with Gasteiger partial charge in [-0.1, -0.05) is 12.2 Å². The van der Waals surface area contributed by atoms with E-state index in [-0.39, 0.29) is 0 Å². The quantitative estimate of drug-likeness (QED) is 0.633. The van der Waals surface area contributed by atoms with Gasteiger partial charge in [0.2, 0.25) is 0 Å². The van der Waals surface area contributed by atoms with Crippen molar-refractivity contribution < 1.29 is 9.52 Å². The lowest BCUT2D eigenvalue weighted by molar-refractivity contribution is 0.197. The van der Waals surface area contributed by atoms with Gasteiger partial charge in [0, 0.05) is 0 Å². The highest BCUT2D eigenvalue weighted by Gasteiger charge is 2.03. The Balaban J connectivity index is 2.67. The summed E-state index contributed by atoms with van der Waals surface area (Å²) in [5, 5.41) is 9.23. The fraction of sp³-hybridized carbons (Fsp3) is 0.250. The predicted molar refractivity (Wildman–Crippen MR) is 38.5 cm³/mol. The zero-order valence-electron chi connectivity index (χ0n) is 5.82. The molecule has 1 heterocycles. The number of aliphatic hydroxyl groups is 1. The maximum absolute atomic E-state index is 9.23. The predicted octanol–water partition coefficient (Wildman–Crippen LogP) is 1.89. The minimum atomic E-state index is -0.597. The third kappa shape index (κ3) is 1.48. The molecule has 0 aliphatic heterocycles. The molecule has 0 spiro atoms. The molecule has 0 aliphatic rings. The van der Waals surface area contributed by atoms with Gasteiger partial charge in [-0.3, -0.25) is 0 Å². The van der Waals surface area contributed by atoms with Crippen LogP contribution in [-0.4, -0.2) is 5.11 Å². The van der Waals surface area contributed by atoms with Crippen molar-refractivity contribution >= 4 is 0 Å². The second-order valence-corrected chi connectivity index (χ2v) is 1.99. The molecule has 2 heteroatoms. The second kappa shape index (κ2) is 3.22. The average molecular weight is 138 g/mol. The molecule has 0 aliphatic carbocycles. The highest BCUT2D eigenvalue weighted by molar-refractivity contribution is 5.07. The Kier molecular flexibility index (Phi) is 2.29. The maximum Gasteiger partial charge on any atom is 0.136 e. The lowest BCUT2D eigenvalue weighted by Crippen LogP contribution is -1.88. The van der Waals surface area contributed by atoms with Crippen molar-refractivity contribution in [2.45, 2.75) is 13.0 Å². The van der Waals surface area contributed by atoms with Gasteiger partial charge in [0.1, 0.15) is 11.9 Å². The van der Waals surface area contributed by atoms with E-state index in [0.717, 1.165) is 0 Å². The van der Waals surface area contributed by atoms with Crippen LogP contribution in [0.2, 0.25) is 0 Å². The summed E-state index contributed by atoms with van der Waals surface area (Å²) in [6, 6.07) is 3.49. The molecule has 0 amide bonds. The smallest absolute Gasteiger partial charge is 0.136 e. The Bertz CT molecular complexity index is 199. The molecule has 0 unspecified atom stereocenters. The van der Waals surface area contributed by atoms with Crippen LogP contribution in [0.25, 0.3) is 0 Å². The largest absolute Gasteiger partial charge is 0.466 e. The van der Waals surface area contributed by atoms with E-state index in [9.17, 15) is 5.11 Å². The topological polar surface area (TPSA) is 33.4 Å². The summed E-state index contributed by atoms with van der Waals surface area (Å²) in [5.74, 6) is 0.582. The Morgan fingerprint density at radius 2 is 2.50 bits per heavy atom. The van der Waals surface area contributed by atoms with E-state index in [1.165, 1.54) is 0 Å². The molecule has 0 fully saturated rings. The zero-order chi connectivity index (χ0) is 7.40. The summed E-state index contributed by atoms with van der Waals surface area (Å²) >= 11 is 0. The van der Waals surface area contributed by atoms with Crippen LogP contribution in [0, 0.1) is 0 Å². The summed E-state index contributed by atoms with van der Waals surface area (Å²) < 4.78 is 4.95. The van der Waals surface area contributed by atoms with Gasteiger partial charge in [-0.05, 0) is 19.1 Å². The van der Waals surface area contributed by atoms with Gasteiger partial charge in [0.05, 0.1) is 6.26 Å². The fourth-order valence-electron chi connectivity index (χ4n) is 0.737. The Morgan fingerprint density at radius 3 is 3.00 bits per heavy atom. The lowest BCUT2D eigenvalue weighted by Gasteiger charge is -1.97. The SMILES string of the molecule is C/C=C/[C@H](O)c1ccco1. The van der Waals surface area contributed by atoms with E-state index in [0.29, 0.717) is 5.76 Å². The lowest BCUT2D eigenvalue weighted by atomic mass is 10.2. The van der Waals surface area contributed by atoms with Gasteiger partial charge >= 0.3 is 0 Å². The van der Waals surface area contributed by atoms with Crippen LogP contribution in [0.4, 0.5) is 0 Å². The molecule has 0 saturated carbocycles. The normalized spacial score (nSPS) is 14.2. The second-order valence-electron chi connectivity index (χ2n) is 1.99. The van der Waals surface area contributed by atoms with Crippen LogP contribution < -0.4 is 0 Å². The molecule has 0 bridgehead atoms. The Morgan fingerprint density at radius 1 is 1.70 bits per heavy atom. The molecule has 0 aromatic carbocycles. The van der Waals surface area contributed by atoms with E-state index in [1.54, 1.807) is 30.5 Å². The van der Waals surface area contributed by atoms with Gasteiger partial charge < -0.3 is 9.52 Å². The first kappa shape index (κ1) is 7.09. The van der Waals surface area contributed by atoms with Crippen LogP contribution in [0.15, 0.2) is 35.0 Å². The number of hydrogen-bond acceptors (Lipinski definition) is 2. The molecule has 1 atom stereocenters. The zero-order valence-corrected chi connectivity index (χ0v) is 5.82. The molecule has 1 aromatic heterocycles. The van der Waals surface area contributed by atoms with Crippen molar-refractivity contribution in [3.8, 4) is 0 Å². The first-order valence-electron chi connectivity index (χ1n) is 3.19. The van der Waals surface area contributed by atoms with Crippen molar-refractivity contribution in [1.29, 1.82) is 0 Å². The highest BCUT2D eigenvalue weighted by Crippen LogP contribution is 2.13. The molecule has 2 nitrogen and oxygen atoms in total.